The van der Waals surface area contributed by atoms with Gasteiger partial charge in [0.25, 0.3) is 5.91 Å². The average molecular weight is 337 g/mol. The molecule has 0 radical (unpaired) electrons. The number of amides is 1. The number of carbonyl (C=O) groups is 2. The molecule has 6 nitrogen and oxygen atoms in total. The van der Waals surface area contributed by atoms with Gasteiger partial charge < -0.3 is 19.5 Å². The van der Waals surface area contributed by atoms with E-state index < -0.39 is 5.97 Å². The van der Waals surface area contributed by atoms with Gasteiger partial charge in [-0.15, -0.1) is 0 Å². The summed E-state index contributed by atoms with van der Waals surface area (Å²) in [6, 6.07) is 7.79. The van der Waals surface area contributed by atoms with Crippen LogP contribution < -0.4 is 10.1 Å². The topological polar surface area (TPSA) is 73.9 Å². The maximum absolute atomic E-state index is 11.5. The van der Waals surface area contributed by atoms with Gasteiger partial charge in [-0.2, -0.15) is 0 Å². The molecule has 1 amide bonds. The molecule has 0 saturated heterocycles. The van der Waals surface area contributed by atoms with Crippen LogP contribution in [0.1, 0.15) is 32.8 Å². The standard InChI is InChI=1S/C18H27NO5/c1-18(2,3)14-5-7-15(8-6-14)23-11-9-17(21)24-13-16(20)19-10-12-22-4/h5-8H,9-13H2,1-4H3,(H,19,20). The van der Waals surface area contributed by atoms with Crippen molar-refractivity contribution in [1.29, 1.82) is 0 Å². The van der Waals surface area contributed by atoms with Crippen LogP contribution in [0.2, 0.25) is 0 Å². The van der Waals surface area contributed by atoms with E-state index in [9.17, 15) is 9.59 Å². The number of hydrogen-bond acceptors (Lipinski definition) is 5. The lowest BCUT2D eigenvalue weighted by atomic mass is 9.87. The third kappa shape index (κ3) is 7.97. The summed E-state index contributed by atoms with van der Waals surface area (Å²) in [5.41, 5.74) is 1.31. The third-order valence-corrected chi connectivity index (χ3v) is 3.29. The van der Waals surface area contributed by atoms with Crippen LogP contribution in [0.15, 0.2) is 24.3 Å². The molecule has 0 aliphatic rings. The summed E-state index contributed by atoms with van der Waals surface area (Å²) < 4.78 is 15.2. The number of methoxy groups -OCH3 is 1. The van der Waals surface area contributed by atoms with Gasteiger partial charge in [-0.25, -0.2) is 0 Å². The molecule has 0 fully saturated rings. The van der Waals surface area contributed by atoms with Crippen LogP contribution in [-0.4, -0.2) is 45.4 Å². The zero-order valence-electron chi connectivity index (χ0n) is 14.9. The molecule has 24 heavy (non-hydrogen) atoms. The Balaban J connectivity index is 2.22. The first-order chi connectivity index (χ1) is 11.3. The maximum atomic E-state index is 11.5. The van der Waals surface area contributed by atoms with Gasteiger partial charge in [-0.1, -0.05) is 32.9 Å². The van der Waals surface area contributed by atoms with Crippen molar-refractivity contribution in [2.24, 2.45) is 0 Å². The summed E-state index contributed by atoms with van der Waals surface area (Å²) >= 11 is 0. The Hall–Kier alpha value is -2.08. The Morgan fingerprint density at radius 3 is 2.33 bits per heavy atom. The molecule has 0 aromatic heterocycles. The number of nitrogens with one attached hydrogen (secondary N) is 1. The quantitative estimate of drug-likeness (QED) is 0.551. The minimum absolute atomic E-state index is 0.0894. The number of benzene rings is 1. The normalized spacial score (nSPS) is 11.0. The van der Waals surface area contributed by atoms with E-state index in [-0.39, 0.29) is 31.0 Å². The van der Waals surface area contributed by atoms with E-state index in [2.05, 4.69) is 26.1 Å². The van der Waals surface area contributed by atoms with Gasteiger partial charge in [0.2, 0.25) is 0 Å². The second kappa shape index (κ2) is 9.93. The van der Waals surface area contributed by atoms with Crippen molar-refractivity contribution in [2.75, 3.05) is 33.5 Å². The Labute approximate surface area is 143 Å². The zero-order chi connectivity index (χ0) is 18.0. The Kier molecular flexibility index (Phi) is 8.26. The van der Waals surface area contributed by atoms with E-state index in [1.54, 1.807) is 7.11 Å². The van der Waals surface area contributed by atoms with E-state index in [4.69, 9.17) is 14.2 Å². The van der Waals surface area contributed by atoms with Crippen molar-refractivity contribution in [3.8, 4) is 5.75 Å². The molecule has 0 unspecified atom stereocenters. The first-order valence-electron chi connectivity index (χ1n) is 7.97. The van der Waals surface area contributed by atoms with Crippen LogP contribution in [-0.2, 0) is 24.5 Å². The van der Waals surface area contributed by atoms with E-state index in [1.165, 1.54) is 5.56 Å². The summed E-state index contributed by atoms with van der Waals surface area (Å²) in [6.45, 7) is 7.16. The molecule has 0 aliphatic heterocycles. The van der Waals surface area contributed by atoms with Gasteiger partial charge in [-0.3, -0.25) is 9.59 Å². The molecule has 0 aliphatic carbocycles. The Bertz CT molecular complexity index is 519. The number of esters is 1. The first kappa shape index (κ1) is 20.0. The van der Waals surface area contributed by atoms with Gasteiger partial charge in [0.05, 0.1) is 19.6 Å². The smallest absolute Gasteiger partial charge is 0.309 e. The lowest BCUT2D eigenvalue weighted by molar-refractivity contribution is -0.149. The minimum Gasteiger partial charge on any atom is -0.493 e. The molecule has 134 valence electrons. The number of ether oxygens (including phenoxy) is 3. The number of hydrogen-bond donors (Lipinski definition) is 1. The molecule has 0 spiro atoms. The van der Waals surface area contributed by atoms with E-state index in [1.807, 2.05) is 24.3 Å². The molecular weight excluding hydrogens is 310 g/mol. The zero-order valence-corrected chi connectivity index (χ0v) is 14.9. The van der Waals surface area contributed by atoms with Gasteiger partial charge in [0, 0.05) is 13.7 Å². The lowest BCUT2D eigenvalue weighted by Gasteiger charge is -2.19. The van der Waals surface area contributed by atoms with Gasteiger partial charge in [0.1, 0.15) is 5.75 Å². The average Bonchev–Trinajstić information content (AvgIpc) is 2.53. The molecule has 0 bridgehead atoms. The lowest BCUT2D eigenvalue weighted by Crippen LogP contribution is -2.31. The summed E-state index contributed by atoms with van der Waals surface area (Å²) in [5, 5.41) is 2.57. The summed E-state index contributed by atoms with van der Waals surface area (Å²) in [5.74, 6) is -0.115. The number of rotatable bonds is 9. The highest BCUT2D eigenvalue weighted by molar-refractivity contribution is 5.80. The van der Waals surface area contributed by atoms with Crippen LogP contribution in [0.4, 0.5) is 0 Å². The van der Waals surface area contributed by atoms with Crippen LogP contribution in [0, 0.1) is 0 Å². The van der Waals surface area contributed by atoms with Crippen molar-refractivity contribution in [1.82, 2.24) is 5.32 Å². The number of carbonyl (C=O) groups excluding carboxylic acids is 2. The van der Waals surface area contributed by atoms with Gasteiger partial charge in [-0.05, 0) is 23.1 Å². The minimum atomic E-state index is -0.469. The van der Waals surface area contributed by atoms with Gasteiger partial charge >= 0.3 is 5.97 Å². The van der Waals surface area contributed by atoms with Crippen molar-refractivity contribution in [3.63, 3.8) is 0 Å². The van der Waals surface area contributed by atoms with Crippen LogP contribution >= 0.6 is 0 Å². The monoisotopic (exact) mass is 337 g/mol. The van der Waals surface area contributed by atoms with Crippen molar-refractivity contribution < 1.29 is 23.8 Å². The third-order valence-electron chi connectivity index (χ3n) is 3.29. The van der Waals surface area contributed by atoms with Crippen LogP contribution in [0.5, 0.6) is 5.75 Å². The highest BCUT2D eigenvalue weighted by Crippen LogP contribution is 2.24. The molecule has 0 saturated carbocycles. The fourth-order valence-electron chi connectivity index (χ4n) is 1.87. The summed E-state index contributed by atoms with van der Waals surface area (Å²) in [4.78, 5) is 22.9. The fourth-order valence-corrected chi connectivity index (χ4v) is 1.87. The molecule has 1 aromatic carbocycles. The van der Waals surface area contributed by atoms with Crippen molar-refractivity contribution in [3.05, 3.63) is 29.8 Å². The van der Waals surface area contributed by atoms with E-state index >= 15 is 0 Å². The van der Waals surface area contributed by atoms with Crippen LogP contribution in [0.3, 0.4) is 0 Å². The molecule has 6 heteroatoms. The second-order valence-corrected chi connectivity index (χ2v) is 6.38. The molecule has 1 rings (SSSR count). The van der Waals surface area contributed by atoms with Crippen molar-refractivity contribution >= 4 is 11.9 Å². The highest BCUT2D eigenvalue weighted by atomic mass is 16.5. The van der Waals surface area contributed by atoms with Gasteiger partial charge in [0.15, 0.2) is 6.61 Å². The van der Waals surface area contributed by atoms with Crippen molar-refractivity contribution in [2.45, 2.75) is 32.6 Å². The summed E-state index contributed by atoms with van der Waals surface area (Å²) in [6.07, 6.45) is 0.0897. The molecule has 1 aromatic rings. The molecular formula is C18H27NO5. The molecule has 1 N–H and O–H groups in total. The Morgan fingerprint density at radius 2 is 1.75 bits per heavy atom. The van der Waals surface area contributed by atoms with Crippen LogP contribution in [0.25, 0.3) is 0 Å². The molecule has 0 atom stereocenters. The fraction of sp³-hybridized carbons (Fsp3) is 0.556. The predicted molar refractivity (Wildman–Crippen MR) is 91.1 cm³/mol. The predicted octanol–water partition coefficient (Wildman–Crippen LogP) is 2.06. The molecule has 0 heterocycles. The van der Waals surface area contributed by atoms with E-state index in [0.717, 1.165) is 0 Å². The largest absolute Gasteiger partial charge is 0.493 e. The summed E-state index contributed by atoms with van der Waals surface area (Å²) in [7, 11) is 1.54. The Morgan fingerprint density at radius 1 is 1.08 bits per heavy atom. The first-order valence-corrected chi connectivity index (χ1v) is 7.97. The second-order valence-electron chi connectivity index (χ2n) is 6.38. The maximum Gasteiger partial charge on any atom is 0.309 e. The SMILES string of the molecule is COCCNC(=O)COC(=O)CCOc1ccc(C(C)(C)C)cc1. The highest BCUT2D eigenvalue weighted by Gasteiger charge is 2.13. The van der Waals surface area contributed by atoms with E-state index in [0.29, 0.717) is 18.9 Å².